The largest absolute Gasteiger partial charge is 0.380 e. The van der Waals surface area contributed by atoms with Gasteiger partial charge < -0.3 is 15.0 Å². The molecule has 70 valence electrons. The summed E-state index contributed by atoms with van der Waals surface area (Å²) in [7, 11) is 5.21. The van der Waals surface area contributed by atoms with Gasteiger partial charge in [0, 0.05) is 27.7 Å². The lowest BCUT2D eigenvalue weighted by molar-refractivity contribution is -0.130. The Bertz CT molecular complexity index is 170. The molecule has 1 fully saturated rings. The van der Waals surface area contributed by atoms with Crippen LogP contribution in [0.1, 0.15) is 6.42 Å². The van der Waals surface area contributed by atoms with Gasteiger partial charge in [0.2, 0.25) is 5.91 Å². The molecule has 0 aromatic rings. The van der Waals surface area contributed by atoms with Crippen molar-refractivity contribution < 1.29 is 9.53 Å². The standard InChI is InChI=1S/C8H16N2O2/c1-10(2)8(11)7-4-6(12-3)5-9-7/h6-7,9H,4-5H2,1-3H3/t6-,7+/m1/s1. The lowest BCUT2D eigenvalue weighted by Crippen LogP contribution is -2.39. The van der Waals surface area contributed by atoms with Crippen LogP contribution in [0.25, 0.3) is 0 Å². The van der Waals surface area contributed by atoms with Gasteiger partial charge in [0.1, 0.15) is 0 Å². The monoisotopic (exact) mass is 172 g/mol. The second-order valence-corrected chi connectivity index (χ2v) is 3.29. The number of nitrogens with one attached hydrogen (secondary N) is 1. The Morgan fingerprint density at radius 1 is 1.58 bits per heavy atom. The van der Waals surface area contributed by atoms with Gasteiger partial charge in [-0.1, -0.05) is 0 Å². The van der Waals surface area contributed by atoms with Crippen molar-refractivity contribution in [2.75, 3.05) is 27.7 Å². The molecule has 0 aliphatic carbocycles. The number of amides is 1. The summed E-state index contributed by atoms with van der Waals surface area (Å²) < 4.78 is 5.14. The van der Waals surface area contributed by atoms with Gasteiger partial charge in [-0.25, -0.2) is 0 Å². The van der Waals surface area contributed by atoms with Crippen LogP contribution in [0, 0.1) is 0 Å². The van der Waals surface area contributed by atoms with E-state index >= 15 is 0 Å². The smallest absolute Gasteiger partial charge is 0.239 e. The first-order valence-corrected chi connectivity index (χ1v) is 4.12. The molecule has 1 N–H and O–H groups in total. The third-order valence-electron chi connectivity index (χ3n) is 2.16. The Hall–Kier alpha value is -0.610. The lowest BCUT2D eigenvalue weighted by atomic mass is 10.2. The highest BCUT2D eigenvalue weighted by molar-refractivity contribution is 5.81. The van der Waals surface area contributed by atoms with Crippen LogP contribution < -0.4 is 5.32 Å². The minimum atomic E-state index is -0.0510. The molecule has 1 heterocycles. The first-order chi connectivity index (χ1) is 5.65. The lowest BCUT2D eigenvalue weighted by Gasteiger charge is -2.15. The van der Waals surface area contributed by atoms with Gasteiger partial charge in [-0.15, -0.1) is 0 Å². The van der Waals surface area contributed by atoms with Gasteiger partial charge in [-0.3, -0.25) is 4.79 Å². The number of rotatable bonds is 2. The molecule has 4 nitrogen and oxygen atoms in total. The Morgan fingerprint density at radius 2 is 2.25 bits per heavy atom. The molecule has 1 aliphatic heterocycles. The van der Waals surface area contributed by atoms with Crippen molar-refractivity contribution in [2.45, 2.75) is 18.6 Å². The van der Waals surface area contributed by atoms with E-state index < -0.39 is 0 Å². The number of carbonyl (C=O) groups is 1. The highest BCUT2D eigenvalue weighted by atomic mass is 16.5. The highest BCUT2D eigenvalue weighted by Crippen LogP contribution is 2.10. The number of ether oxygens (including phenoxy) is 1. The molecule has 0 aromatic carbocycles. The predicted octanol–water partition coefficient (Wildman–Crippen LogP) is -0.548. The van der Waals surface area contributed by atoms with Crippen molar-refractivity contribution in [1.82, 2.24) is 10.2 Å². The molecular formula is C8H16N2O2. The van der Waals surface area contributed by atoms with Crippen LogP contribution in [-0.2, 0) is 9.53 Å². The van der Waals surface area contributed by atoms with Crippen molar-refractivity contribution >= 4 is 5.91 Å². The first-order valence-electron chi connectivity index (χ1n) is 4.12. The van der Waals surface area contributed by atoms with Gasteiger partial charge in [-0.2, -0.15) is 0 Å². The van der Waals surface area contributed by atoms with Crippen LogP contribution in [0.2, 0.25) is 0 Å². The van der Waals surface area contributed by atoms with Crippen molar-refractivity contribution in [3.05, 3.63) is 0 Å². The van der Waals surface area contributed by atoms with Gasteiger partial charge in [-0.05, 0) is 6.42 Å². The summed E-state index contributed by atoms with van der Waals surface area (Å²) in [5.41, 5.74) is 0. The molecule has 4 heteroatoms. The first kappa shape index (κ1) is 9.48. The normalized spacial score (nSPS) is 28.9. The number of nitrogens with zero attached hydrogens (tertiary/aromatic N) is 1. The Balaban J connectivity index is 2.41. The summed E-state index contributed by atoms with van der Waals surface area (Å²) in [4.78, 5) is 13.0. The van der Waals surface area contributed by atoms with E-state index in [1.165, 1.54) is 0 Å². The molecule has 1 rings (SSSR count). The third kappa shape index (κ3) is 1.95. The number of methoxy groups -OCH3 is 1. The summed E-state index contributed by atoms with van der Waals surface area (Å²) in [6.45, 7) is 0.779. The molecule has 0 unspecified atom stereocenters. The minimum absolute atomic E-state index is 0.0510. The van der Waals surface area contributed by atoms with E-state index in [0.717, 1.165) is 13.0 Å². The zero-order chi connectivity index (χ0) is 9.14. The molecule has 1 saturated heterocycles. The second kappa shape index (κ2) is 3.87. The van der Waals surface area contributed by atoms with Crippen LogP contribution in [0.3, 0.4) is 0 Å². The molecule has 0 aromatic heterocycles. The van der Waals surface area contributed by atoms with Crippen LogP contribution in [0.5, 0.6) is 0 Å². The van der Waals surface area contributed by atoms with E-state index in [4.69, 9.17) is 4.74 Å². The maximum atomic E-state index is 11.4. The van der Waals surface area contributed by atoms with Crippen LogP contribution in [0.15, 0.2) is 0 Å². The van der Waals surface area contributed by atoms with Crippen molar-refractivity contribution in [2.24, 2.45) is 0 Å². The molecule has 0 radical (unpaired) electrons. The van der Waals surface area contributed by atoms with Crippen LogP contribution in [-0.4, -0.2) is 50.7 Å². The molecular weight excluding hydrogens is 156 g/mol. The van der Waals surface area contributed by atoms with E-state index in [1.807, 2.05) is 0 Å². The maximum absolute atomic E-state index is 11.4. The minimum Gasteiger partial charge on any atom is -0.380 e. The molecule has 1 aliphatic rings. The summed E-state index contributed by atoms with van der Waals surface area (Å²) >= 11 is 0. The quantitative estimate of drug-likeness (QED) is 0.607. The molecule has 2 atom stereocenters. The van der Waals surface area contributed by atoms with Gasteiger partial charge in [0.15, 0.2) is 0 Å². The van der Waals surface area contributed by atoms with Gasteiger partial charge in [0.25, 0.3) is 0 Å². The third-order valence-corrected chi connectivity index (χ3v) is 2.16. The summed E-state index contributed by atoms with van der Waals surface area (Å²) in [5.74, 6) is 0.134. The number of hydrogen-bond donors (Lipinski definition) is 1. The number of hydrogen-bond acceptors (Lipinski definition) is 3. The average Bonchev–Trinajstić information content (AvgIpc) is 2.50. The molecule has 0 spiro atoms. The Kier molecular flexibility index (Phi) is 3.05. The number of carbonyl (C=O) groups excluding carboxylic acids is 1. The summed E-state index contributed by atoms with van der Waals surface area (Å²) in [6.07, 6.45) is 0.979. The fourth-order valence-electron chi connectivity index (χ4n) is 1.38. The highest BCUT2D eigenvalue weighted by Gasteiger charge is 2.29. The maximum Gasteiger partial charge on any atom is 0.239 e. The number of likely N-dealkylation sites (N-methyl/N-ethyl adjacent to an activating group) is 1. The van der Waals surface area contributed by atoms with Crippen molar-refractivity contribution in [3.8, 4) is 0 Å². The van der Waals surface area contributed by atoms with E-state index in [9.17, 15) is 4.79 Å². The zero-order valence-corrected chi connectivity index (χ0v) is 7.83. The summed E-state index contributed by atoms with van der Waals surface area (Å²) in [6, 6.07) is -0.0510. The van der Waals surface area contributed by atoms with Crippen LogP contribution in [0.4, 0.5) is 0 Å². The predicted molar refractivity (Wildman–Crippen MR) is 45.9 cm³/mol. The van der Waals surface area contributed by atoms with E-state index in [2.05, 4.69) is 5.32 Å². The van der Waals surface area contributed by atoms with Crippen molar-refractivity contribution in [3.63, 3.8) is 0 Å². The van der Waals surface area contributed by atoms with E-state index in [1.54, 1.807) is 26.1 Å². The zero-order valence-electron chi connectivity index (χ0n) is 7.83. The van der Waals surface area contributed by atoms with E-state index in [0.29, 0.717) is 0 Å². The van der Waals surface area contributed by atoms with Crippen molar-refractivity contribution in [1.29, 1.82) is 0 Å². The molecule has 0 saturated carbocycles. The molecule has 12 heavy (non-hydrogen) atoms. The van der Waals surface area contributed by atoms with Gasteiger partial charge >= 0.3 is 0 Å². The Morgan fingerprint density at radius 3 is 2.67 bits per heavy atom. The average molecular weight is 172 g/mol. The Labute approximate surface area is 72.9 Å². The molecule has 0 bridgehead atoms. The van der Waals surface area contributed by atoms with E-state index in [-0.39, 0.29) is 18.1 Å². The SMILES string of the molecule is CO[C@H]1CN[C@H](C(=O)N(C)C)C1. The van der Waals surface area contributed by atoms with Gasteiger partial charge in [0.05, 0.1) is 12.1 Å². The fraction of sp³-hybridized carbons (Fsp3) is 0.875. The second-order valence-electron chi connectivity index (χ2n) is 3.29. The van der Waals surface area contributed by atoms with Crippen LogP contribution >= 0.6 is 0 Å². The topological polar surface area (TPSA) is 41.6 Å². The fourth-order valence-corrected chi connectivity index (χ4v) is 1.38. The summed E-state index contributed by atoms with van der Waals surface area (Å²) in [5, 5.41) is 3.12. The molecule has 1 amide bonds.